The molecule has 1 aliphatic carbocycles. The minimum absolute atomic E-state index is 0.255. The number of guanidine groups is 1. The van der Waals surface area contributed by atoms with Crippen LogP contribution in [0.15, 0.2) is 29.3 Å². The Hall–Kier alpha value is -1.75. The van der Waals surface area contributed by atoms with E-state index in [-0.39, 0.29) is 5.75 Å². The van der Waals surface area contributed by atoms with Crippen molar-refractivity contribution in [1.82, 2.24) is 4.90 Å². The fourth-order valence-corrected chi connectivity index (χ4v) is 3.31. The molecule has 2 fully saturated rings. The molecule has 3 rings (SSSR count). The maximum atomic E-state index is 10.1. The van der Waals surface area contributed by atoms with E-state index in [1.807, 2.05) is 18.2 Å². The van der Waals surface area contributed by atoms with Gasteiger partial charge in [-0.1, -0.05) is 31.9 Å². The molecular formula is C18H27N3O2. The number of anilines is 1. The Labute approximate surface area is 138 Å². The van der Waals surface area contributed by atoms with Crippen LogP contribution in [0.1, 0.15) is 32.6 Å². The summed E-state index contributed by atoms with van der Waals surface area (Å²) in [6.07, 6.45) is 4.97. The van der Waals surface area contributed by atoms with Crippen LogP contribution in [0.4, 0.5) is 5.69 Å². The molecule has 1 saturated heterocycles. The van der Waals surface area contributed by atoms with Gasteiger partial charge in [0.1, 0.15) is 5.75 Å². The Kier molecular flexibility index (Phi) is 5.39. The summed E-state index contributed by atoms with van der Waals surface area (Å²) in [4.78, 5) is 7.27. The van der Waals surface area contributed by atoms with Crippen LogP contribution in [-0.2, 0) is 4.74 Å². The Morgan fingerprint density at radius 2 is 1.96 bits per heavy atom. The average molecular weight is 317 g/mol. The minimum Gasteiger partial charge on any atom is -0.506 e. The SMILES string of the molecule is CC1CCCCC1N=C(Nc1ccccc1O)N1CCOCC1. The van der Waals surface area contributed by atoms with Crippen molar-refractivity contribution in [1.29, 1.82) is 0 Å². The number of para-hydroxylation sites is 2. The summed E-state index contributed by atoms with van der Waals surface area (Å²) in [6, 6.07) is 7.69. The lowest BCUT2D eigenvalue weighted by atomic mass is 9.86. The average Bonchev–Trinajstić information content (AvgIpc) is 2.59. The summed E-state index contributed by atoms with van der Waals surface area (Å²) in [5.74, 6) is 1.74. The highest BCUT2D eigenvalue weighted by molar-refractivity contribution is 5.95. The zero-order chi connectivity index (χ0) is 16.1. The van der Waals surface area contributed by atoms with Gasteiger partial charge in [0.15, 0.2) is 5.96 Å². The first-order valence-electron chi connectivity index (χ1n) is 8.69. The zero-order valence-corrected chi connectivity index (χ0v) is 13.9. The lowest BCUT2D eigenvalue weighted by molar-refractivity contribution is 0.0676. The van der Waals surface area contributed by atoms with E-state index < -0.39 is 0 Å². The second kappa shape index (κ2) is 7.68. The molecule has 0 aromatic heterocycles. The van der Waals surface area contributed by atoms with Crippen molar-refractivity contribution in [3.05, 3.63) is 24.3 Å². The van der Waals surface area contributed by atoms with Gasteiger partial charge in [0.05, 0.1) is 24.9 Å². The maximum absolute atomic E-state index is 10.1. The molecule has 23 heavy (non-hydrogen) atoms. The van der Waals surface area contributed by atoms with Crippen molar-refractivity contribution >= 4 is 11.6 Å². The highest BCUT2D eigenvalue weighted by Gasteiger charge is 2.24. The van der Waals surface area contributed by atoms with Crippen molar-refractivity contribution in [2.24, 2.45) is 10.9 Å². The van der Waals surface area contributed by atoms with Gasteiger partial charge >= 0.3 is 0 Å². The fourth-order valence-electron chi connectivity index (χ4n) is 3.31. The number of phenols is 1. The molecule has 0 spiro atoms. The van der Waals surface area contributed by atoms with Gasteiger partial charge in [0.2, 0.25) is 0 Å². The van der Waals surface area contributed by atoms with Crippen LogP contribution in [0, 0.1) is 5.92 Å². The number of benzene rings is 1. The smallest absolute Gasteiger partial charge is 0.199 e. The monoisotopic (exact) mass is 317 g/mol. The lowest BCUT2D eigenvalue weighted by Crippen LogP contribution is -2.45. The van der Waals surface area contributed by atoms with E-state index in [0.717, 1.165) is 38.7 Å². The topological polar surface area (TPSA) is 57.1 Å². The number of hydrogen-bond acceptors (Lipinski definition) is 3. The first-order valence-corrected chi connectivity index (χ1v) is 8.69. The van der Waals surface area contributed by atoms with Gasteiger partial charge in [-0.25, -0.2) is 4.99 Å². The summed E-state index contributed by atoms with van der Waals surface area (Å²) >= 11 is 0. The molecule has 2 aliphatic rings. The zero-order valence-electron chi connectivity index (χ0n) is 13.9. The van der Waals surface area contributed by atoms with E-state index in [9.17, 15) is 5.11 Å². The molecule has 126 valence electrons. The number of hydrogen-bond donors (Lipinski definition) is 2. The molecular weight excluding hydrogens is 290 g/mol. The van der Waals surface area contributed by atoms with Gasteiger partial charge in [-0.15, -0.1) is 0 Å². The fraction of sp³-hybridized carbons (Fsp3) is 0.611. The van der Waals surface area contributed by atoms with Crippen molar-refractivity contribution in [3.8, 4) is 5.75 Å². The molecule has 1 aliphatic heterocycles. The largest absolute Gasteiger partial charge is 0.506 e. The molecule has 5 nitrogen and oxygen atoms in total. The van der Waals surface area contributed by atoms with E-state index in [2.05, 4.69) is 17.1 Å². The lowest BCUT2D eigenvalue weighted by Gasteiger charge is -2.33. The number of rotatable bonds is 2. The predicted molar refractivity (Wildman–Crippen MR) is 93.0 cm³/mol. The Morgan fingerprint density at radius 3 is 2.70 bits per heavy atom. The standard InChI is InChI=1S/C18H27N3O2/c1-14-6-2-3-7-15(14)19-18(21-10-12-23-13-11-21)20-16-8-4-5-9-17(16)22/h4-5,8-9,14-15,22H,2-3,6-7,10-13H2,1H3,(H,19,20). The predicted octanol–water partition coefficient (Wildman–Crippen LogP) is 3.07. The normalized spacial score (nSPS) is 26.1. The number of morpholine rings is 1. The van der Waals surface area contributed by atoms with E-state index in [1.165, 1.54) is 19.3 Å². The third-order valence-electron chi connectivity index (χ3n) is 4.82. The molecule has 0 bridgehead atoms. The second-order valence-corrected chi connectivity index (χ2v) is 6.52. The van der Waals surface area contributed by atoms with Gasteiger partial charge in [0, 0.05) is 13.1 Å². The Bertz CT molecular complexity index is 541. The van der Waals surface area contributed by atoms with Crippen LogP contribution in [0.3, 0.4) is 0 Å². The first kappa shape index (κ1) is 16.1. The molecule has 1 aromatic rings. The molecule has 5 heteroatoms. The van der Waals surface area contributed by atoms with E-state index in [0.29, 0.717) is 17.6 Å². The number of ether oxygens (including phenoxy) is 1. The van der Waals surface area contributed by atoms with Crippen LogP contribution in [0.25, 0.3) is 0 Å². The maximum Gasteiger partial charge on any atom is 0.199 e. The Morgan fingerprint density at radius 1 is 1.22 bits per heavy atom. The molecule has 1 saturated carbocycles. The van der Waals surface area contributed by atoms with Crippen LogP contribution in [0.5, 0.6) is 5.75 Å². The van der Waals surface area contributed by atoms with Crippen LogP contribution < -0.4 is 5.32 Å². The molecule has 2 atom stereocenters. The van der Waals surface area contributed by atoms with Crippen LogP contribution in [-0.4, -0.2) is 48.3 Å². The van der Waals surface area contributed by atoms with E-state index in [4.69, 9.17) is 9.73 Å². The van der Waals surface area contributed by atoms with E-state index >= 15 is 0 Å². The van der Waals surface area contributed by atoms with Gasteiger partial charge in [-0.3, -0.25) is 0 Å². The summed E-state index contributed by atoms with van der Waals surface area (Å²) in [5, 5.41) is 13.4. The molecule has 1 aromatic carbocycles. The third-order valence-corrected chi connectivity index (χ3v) is 4.82. The van der Waals surface area contributed by atoms with Gasteiger partial charge < -0.3 is 20.1 Å². The number of nitrogens with zero attached hydrogens (tertiary/aromatic N) is 2. The molecule has 0 amide bonds. The highest BCUT2D eigenvalue weighted by Crippen LogP contribution is 2.28. The van der Waals surface area contributed by atoms with Crippen LogP contribution in [0.2, 0.25) is 0 Å². The summed E-state index contributed by atoms with van der Waals surface area (Å²) in [7, 11) is 0. The minimum atomic E-state index is 0.255. The summed E-state index contributed by atoms with van der Waals surface area (Å²) in [6.45, 7) is 5.41. The summed E-state index contributed by atoms with van der Waals surface area (Å²) in [5.41, 5.74) is 0.709. The second-order valence-electron chi connectivity index (χ2n) is 6.52. The highest BCUT2D eigenvalue weighted by atomic mass is 16.5. The number of aromatic hydroxyl groups is 1. The van der Waals surface area contributed by atoms with Gasteiger partial charge in [0.25, 0.3) is 0 Å². The van der Waals surface area contributed by atoms with Gasteiger partial charge in [-0.2, -0.15) is 0 Å². The Balaban J connectivity index is 1.82. The van der Waals surface area contributed by atoms with E-state index in [1.54, 1.807) is 6.07 Å². The van der Waals surface area contributed by atoms with Crippen molar-refractivity contribution in [2.75, 3.05) is 31.6 Å². The number of aliphatic imine (C=N–C) groups is 1. The third kappa shape index (κ3) is 4.16. The molecule has 2 unspecified atom stereocenters. The molecule has 0 radical (unpaired) electrons. The first-order chi connectivity index (χ1) is 11.2. The number of nitrogens with one attached hydrogen (secondary N) is 1. The van der Waals surface area contributed by atoms with Crippen LogP contribution >= 0.6 is 0 Å². The quantitative estimate of drug-likeness (QED) is 0.500. The van der Waals surface area contributed by atoms with Gasteiger partial charge in [-0.05, 0) is 30.9 Å². The van der Waals surface area contributed by atoms with Crippen molar-refractivity contribution < 1.29 is 9.84 Å². The van der Waals surface area contributed by atoms with Crippen molar-refractivity contribution in [2.45, 2.75) is 38.6 Å². The molecule has 2 N–H and O–H groups in total. The van der Waals surface area contributed by atoms with Crippen molar-refractivity contribution in [3.63, 3.8) is 0 Å². The number of phenolic OH excluding ortho intramolecular Hbond substituents is 1. The summed E-state index contributed by atoms with van der Waals surface area (Å²) < 4.78 is 5.46. The molecule has 1 heterocycles.